The van der Waals surface area contributed by atoms with Crippen molar-refractivity contribution in [3.8, 4) is 0 Å². The Morgan fingerprint density at radius 3 is 2.60 bits per heavy atom. The number of aromatic nitrogens is 1. The zero-order chi connectivity index (χ0) is 14.8. The van der Waals surface area contributed by atoms with Gasteiger partial charge in [0, 0.05) is 33.1 Å². The van der Waals surface area contributed by atoms with E-state index in [4.69, 9.17) is 4.98 Å². The third-order valence-electron chi connectivity index (χ3n) is 3.13. The van der Waals surface area contributed by atoms with Crippen molar-refractivity contribution >= 4 is 22.7 Å². The summed E-state index contributed by atoms with van der Waals surface area (Å²) in [5.74, 6) is 0. The molecule has 0 aliphatic carbocycles. The van der Waals surface area contributed by atoms with Crippen molar-refractivity contribution in [3.63, 3.8) is 0 Å². The SMILES string of the molecule is Cc1ccc(CC(C)NCc2csc(C(C)(C)C)n2)s1. The molecule has 4 heteroatoms. The largest absolute Gasteiger partial charge is 0.308 e. The summed E-state index contributed by atoms with van der Waals surface area (Å²) in [6, 6.07) is 4.91. The van der Waals surface area contributed by atoms with E-state index in [2.05, 4.69) is 57.4 Å². The highest BCUT2D eigenvalue weighted by atomic mass is 32.1. The summed E-state index contributed by atoms with van der Waals surface area (Å²) in [7, 11) is 0. The highest BCUT2D eigenvalue weighted by molar-refractivity contribution is 7.11. The monoisotopic (exact) mass is 308 g/mol. The lowest BCUT2D eigenvalue weighted by molar-refractivity contribution is 0.538. The summed E-state index contributed by atoms with van der Waals surface area (Å²) in [6.07, 6.45) is 1.09. The van der Waals surface area contributed by atoms with Crippen molar-refractivity contribution in [1.29, 1.82) is 0 Å². The summed E-state index contributed by atoms with van der Waals surface area (Å²) in [6.45, 7) is 11.9. The predicted octanol–water partition coefficient (Wildman–Crippen LogP) is 4.53. The van der Waals surface area contributed by atoms with Crippen LogP contribution in [0.3, 0.4) is 0 Å². The van der Waals surface area contributed by atoms with E-state index in [1.165, 1.54) is 14.8 Å². The summed E-state index contributed by atoms with van der Waals surface area (Å²) >= 11 is 3.66. The summed E-state index contributed by atoms with van der Waals surface area (Å²) in [4.78, 5) is 7.57. The lowest BCUT2D eigenvalue weighted by Crippen LogP contribution is -2.27. The Bertz CT molecular complexity index is 549. The number of rotatable bonds is 5. The fraction of sp³-hybridized carbons (Fsp3) is 0.562. The van der Waals surface area contributed by atoms with Crippen molar-refractivity contribution < 1.29 is 0 Å². The fourth-order valence-corrected chi connectivity index (χ4v) is 3.91. The Kier molecular flexibility index (Phi) is 4.99. The molecule has 0 saturated heterocycles. The standard InChI is InChI=1S/C16H24N2S2/c1-11(8-14-7-6-12(2)20-14)17-9-13-10-19-15(18-13)16(3,4)5/h6-7,10-11,17H,8-9H2,1-5H3. The highest BCUT2D eigenvalue weighted by Crippen LogP contribution is 2.25. The average molecular weight is 309 g/mol. The van der Waals surface area contributed by atoms with Gasteiger partial charge in [-0.1, -0.05) is 20.8 Å². The van der Waals surface area contributed by atoms with E-state index in [0.29, 0.717) is 6.04 Å². The van der Waals surface area contributed by atoms with Gasteiger partial charge in [-0.3, -0.25) is 0 Å². The average Bonchev–Trinajstić information content (AvgIpc) is 2.95. The number of hydrogen-bond donors (Lipinski definition) is 1. The molecule has 20 heavy (non-hydrogen) atoms. The van der Waals surface area contributed by atoms with Gasteiger partial charge >= 0.3 is 0 Å². The van der Waals surface area contributed by atoms with Gasteiger partial charge in [0.1, 0.15) is 0 Å². The van der Waals surface area contributed by atoms with Crippen LogP contribution in [0, 0.1) is 6.92 Å². The Morgan fingerprint density at radius 2 is 2.05 bits per heavy atom. The van der Waals surface area contributed by atoms with Crippen LogP contribution in [0.4, 0.5) is 0 Å². The second kappa shape index (κ2) is 6.37. The smallest absolute Gasteiger partial charge is 0.0982 e. The Hall–Kier alpha value is -0.710. The van der Waals surface area contributed by atoms with Gasteiger partial charge in [0.05, 0.1) is 10.7 Å². The lowest BCUT2D eigenvalue weighted by Gasteiger charge is -2.14. The van der Waals surface area contributed by atoms with Gasteiger partial charge in [0.25, 0.3) is 0 Å². The maximum atomic E-state index is 4.72. The lowest BCUT2D eigenvalue weighted by atomic mass is 9.98. The molecule has 2 rings (SSSR count). The van der Waals surface area contributed by atoms with Crippen LogP contribution >= 0.6 is 22.7 Å². The van der Waals surface area contributed by atoms with E-state index in [-0.39, 0.29) is 5.41 Å². The third-order valence-corrected chi connectivity index (χ3v) is 5.47. The number of nitrogens with zero attached hydrogens (tertiary/aromatic N) is 1. The molecule has 0 aromatic carbocycles. The Labute approximate surface area is 130 Å². The zero-order valence-electron chi connectivity index (χ0n) is 13.0. The first-order valence-corrected chi connectivity index (χ1v) is 8.78. The minimum absolute atomic E-state index is 0.156. The van der Waals surface area contributed by atoms with Crippen molar-refractivity contribution in [2.45, 2.75) is 59.0 Å². The van der Waals surface area contributed by atoms with Gasteiger partial charge in [-0.2, -0.15) is 0 Å². The van der Waals surface area contributed by atoms with E-state index >= 15 is 0 Å². The van der Waals surface area contributed by atoms with Crippen molar-refractivity contribution in [1.82, 2.24) is 10.3 Å². The highest BCUT2D eigenvalue weighted by Gasteiger charge is 2.18. The Balaban J connectivity index is 1.84. The van der Waals surface area contributed by atoms with E-state index in [0.717, 1.165) is 18.7 Å². The summed E-state index contributed by atoms with van der Waals surface area (Å²) in [5, 5.41) is 6.97. The first-order valence-electron chi connectivity index (χ1n) is 7.08. The van der Waals surface area contributed by atoms with Crippen LogP contribution in [0.15, 0.2) is 17.5 Å². The molecule has 0 aliphatic heterocycles. The van der Waals surface area contributed by atoms with Crippen LogP contribution in [0.1, 0.15) is 48.2 Å². The van der Waals surface area contributed by atoms with Gasteiger partial charge in [-0.05, 0) is 32.4 Å². The number of aryl methyl sites for hydroxylation is 1. The molecule has 2 aromatic rings. The first-order chi connectivity index (χ1) is 9.34. The molecule has 0 aliphatic rings. The first kappa shape index (κ1) is 15.7. The molecule has 0 saturated carbocycles. The van der Waals surface area contributed by atoms with Crippen LogP contribution in [0.2, 0.25) is 0 Å². The number of thiazole rings is 1. The summed E-state index contributed by atoms with van der Waals surface area (Å²) < 4.78 is 0. The Morgan fingerprint density at radius 1 is 1.30 bits per heavy atom. The number of hydrogen-bond acceptors (Lipinski definition) is 4. The molecule has 0 bridgehead atoms. The second-order valence-corrected chi connectivity index (χ2v) is 8.62. The van der Waals surface area contributed by atoms with Gasteiger partial charge in [0.15, 0.2) is 0 Å². The summed E-state index contributed by atoms with van der Waals surface area (Å²) in [5.41, 5.74) is 1.32. The maximum Gasteiger partial charge on any atom is 0.0982 e. The molecule has 1 atom stereocenters. The van der Waals surface area contributed by atoms with Crippen molar-refractivity contribution in [2.24, 2.45) is 0 Å². The molecule has 110 valence electrons. The van der Waals surface area contributed by atoms with Crippen molar-refractivity contribution in [2.75, 3.05) is 0 Å². The van der Waals surface area contributed by atoms with E-state index in [1.54, 1.807) is 11.3 Å². The van der Waals surface area contributed by atoms with Crippen molar-refractivity contribution in [3.05, 3.63) is 38.0 Å². The van der Waals surface area contributed by atoms with E-state index in [9.17, 15) is 0 Å². The molecule has 0 fully saturated rings. The zero-order valence-corrected chi connectivity index (χ0v) is 14.6. The van der Waals surface area contributed by atoms with Gasteiger partial charge in [0.2, 0.25) is 0 Å². The quantitative estimate of drug-likeness (QED) is 0.877. The normalized spacial score (nSPS) is 13.7. The molecule has 1 N–H and O–H groups in total. The molecule has 0 amide bonds. The second-order valence-electron chi connectivity index (χ2n) is 6.39. The predicted molar refractivity (Wildman–Crippen MR) is 89.9 cm³/mol. The number of nitrogens with one attached hydrogen (secondary N) is 1. The molecular formula is C16H24N2S2. The molecule has 2 nitrogen and oxygen atoms in total. The molecule has 2 aromatic heterocycles. The minimum atomic E-state index is 0.156. The fourth-order valence-electron chi connectivity index (χ4n) is 1.98. The van der Waals surface area contributed by atoms with Gasteiger partial charge in [-0.25, -0.2) is 4.98 Å². The third kappa shape index (κ3) is 4.40. The molecular weight excluding hydrogens is 284 g/mol. The topological polar surface area (TPSA) is 24.9 Å². The number of thiophene rings is 1. The maximum absolute atomic E-state index is 4.72. The molecule has 0 radical (unpaired) electrons. The molecule has 1 unspecified atom stereocenters. The van der Waals surface area contributed by atoms with Crippen LogP contribution in [-0.4, -0.2) is 11.0 Å². The van der Waals surface area contributed by atoms with Crippen LogP contribution in [-0.2, 0) is 18.4 Å². The van der Waals surface area contributed by atoms with Crippen LogP contribution < -0.4 is 5.32 Å². The van der Waals surface area contributed by atoms with E-state index < -0.39 is 0 Å². The van der Waals surface area contributed by atoms with Crippen LogP contribution in [0.25, 0.3) is 0 Å². The van der Waals surface area contributed by atoms with Gasteiger partial charge < -0.3 is 5.32 Å². The van der Waals surface area contributed by atoms with E-state index in [1.807, 2.05) is 11.3 Å². The van der Waals surface area contributed by atoms with Crippen LogP contribution in [0.5, 0.6) is 0 Å². The van der Waals surface area contributed by atoms with Gasteiger partial charge in [-0.15, -0.1) is 22.7 Å². The minimum Gasteiger partial charge on any atom is -0.308 e. The molecule has 2 heterocycles. The molecule has 0 spiro atoms.